The van der Waals surface area contributed by atoms with Gasteiger partial charge in [-0.1, -0.05) is 32.4 Å². The molecule has 3 aliphatic rings. The lowest BCUT2D eigenvalue weighted by Crippen LogP contribution is -2.46. The lowest BCUT2D eigenvalue weighted by Gasteiger charge is -2.44. The summed E-state index contributed by atoms with van der Waals surface area (Å²) < 4.78 is 0. The summed E-state index contributed by atoms with van der Waals surface area (Å²) in [4.78, 5) is 12.0. The molecular weight excluding hydrogens is 212 g/mol. The van der Waals surface area contributed by atoms with E-state index >= 15 is 0 Å². The molecule has 4 unspecified atom stereocenters. The van der Waals surface area contributed by atoms with Crippen molar-refractivity contribution >= 4 is 5.97 Å². The fraction of sp³-hybridized carbons (Fsp3) is 0.800. The Kier molecular flexibility index (Phi) is 1.97. The average Bonchev–Trinajstić information content (AvgIpc) is 2.68. The first-order chi connectivity index (χ1) is 7.87. The van der Waals surface area contributed by atoms with Crippen LogP contribution in [0.5, 0.6) is 0 Å². The number of allylic oxidation sites excluding steroid dienone is 1. The van der Waals surface area contributed by atoms with Gasteiger partial charge in [0.15, 0.2) is 0 Å². The van der Waals surface area contributed by atoms with Crippen LogP contribution in [0.1, 0.15) is 52.4 Å². The molecule has 3 aliphatic carbocycles. The van der Waals surface area contributed by atoms with Crippen LogP contribution in [-0.4, -0.2) is 11.1 Å². The first-order valence-corrected chi connectivity index (χ1v) is 6.78. The van der Waals surface area contributed by atoms with Gasteiger partial charge in [-0.15, -0.1) is 0 Å². The van der Waals surface area contributed by atoms with E-state index in [2.05, 4.69) is 20.4 Å². The van der Waals surface area contributed by atoms with Gasteiger partial charge >= 0.3 is 5.97 Å². The van der Waals surface area contributed by atoms with Crippen molar-refractivity contribution in [2.45, 2.75) is 52.4 Å². The molecule has 0 aromatic heterocycles. The van der Waals surface area contributed by atoms with Crippen molar-refractivity contribution in [2.75, 3.05) is 0 Å². The van der Waals surface area contributed by atoms with Crippen LogP contribution in [0.2, 0.25) is 0 Å². The molecule has 94 valence electrons. The summed E-state index contributed by atoms with van der Waals surface area (Å²) in [5.41, 5.74) is 0.898. The predicted octanol–water partition coefficient (Wildman–Crippen LogP) is 3.62. The minimum atomic E-state index is -0.561. The number of carboxylic acids is 1. The quantitative estimate of drug-likeness (QED) is 0.703. The number of hydrogen-bond donors (Lipinski definition) is 1. The second-order valence-corrected chi connectivity index (χ2v) is 6.94. The molecule has 0 saturated heterocycles. The first kappa shape index (κ1) is 11.3. The summed E-state index contributed by atoms with van der Waals surface area (Å²) in [5.74, 6) is -0.333. The van der Waals surface area contributed by atoms with Crippen molar-refractivity contribution in [3.63, 3.8) is 0 Å². The monoisotopic (exact) mass is 234 g/mol. The van der Waals surface area contributed by atoms with Crippen molar-refractivity contribution in [1.29, 1.82) is 0 Å². The Morgan fingerprint density at radius 2 is 2.06 bits per heavy atom. The minimum absolute atomic E-state index is 0.0179. The first-order valence-electron chi connectivity index (χ1n) is 6.78. The lowest BCUT2D eigenvalue weighted by atomic mass is 9.58. The third-order valence-corrected chi connectivity index (χ3v) is 6.69. The number of hydrogen-bond acceptors (Lipinski definition) is 1. The Labute approximate surface area is 103 Å². The van der Waals surface area contributed by atoms with E-state index in [1.165, 1.54) is 5.57 Å². The van der Waals surface area contributed by atoms with Gasteiger partial charge in [-0.2, -0.15) is 0 Å². The van der Waals surface area contributed by atoms with E-state index in [1.54, 1.807) is 0 Å². The Balaban J connectivity index is 2.23. The van der Waals surface area contributed by atoms with Gasteiger partial charge in [0, 0.05) is 0 Å². The normalized spacial score (nSPS) is 52.6. The van der Waals surface area contributed by atoms with Crippen LogP contribution in [0.15, 0.2) is 12.2 Å². The molecule has 0 spiro atoms. The standard InChI is InChI=1S/C15H22O2/c1-10-5-8-13(2)9-11(10)15(12(16)17)7-4-6-14(13,15)3/h11H,1,4-9H2,2-3H3,(H,16,17). The fourth-order valence-corrected chi connectivity index (χ4v) is 5.44. The van der Waals surface area contributed by atoms with Crippen molar-refractivity contribution < 1.29 is 9.90 Å². The minimum Gasteiger partial charge on any atom is -0.481 e. The maximum absolute atomic E-state index is 12.0. The summed E-state index contributed by atoms with van der Waals surface area (Å²) in [6, 6.07) is 0. The maximum atomic E-state index is 12.0. The second-order valence-electron chi connectivity index (χ2n) is 6.94. The van der Waals surface area contributed by atoms with Gasteiger partial charge in [0.25, 0.3) is 0 Å². The molecule has 4 atom stereocenters. The number of carbonyl (C=O) groups is 1. The fourth-order valence-electron chi connectivity index (χ4n) is 5.44. The van der Waals surface area contributed by atoms with Crippen molar-refractivity contribution in [1.82, 2.24) is 0 Å². The summed E-state index contributed by atoms with van der Waals surface area (Å²) in [7, 11) is 0. The molecule has 17 heavy (non-hydrogen) atoms. The molecule has 3 fully saturated rings. The molecule has 0 radical (unpaired) electrons. The van der Waals surface area contributed by atoms with Crippen LogP contribution in [0.4, 0.5) is 0 Å². The number of aliphatic carboxylic acids is 1. The van der Waals surface area contributed by atoms with E-state index in [9.17, 15) is 9.90 Å². The molecule has 2 nitrogen and oxygen atoms in total. The number of rotatable bonds is 1. The summed E-state index contributed by atoms with van der Waals surface area (Å²) in [6.07, 6.45) is 6.23. The van der Waals surface area contributed by atoms with Gasteiger partial charge in [-0.25, -0.2) is 0 Å². The van der Waals surface area contributed by atoms with Gasteiger partial charge < -0.3 is 5.11 Å². The largest absolute Gasteiger partial charge is 0.481 e. The maximum Gasteiger partial charge on any atom is 0.310 e. The van der Waals surface area contributed by atoms with Crippen molar-refractivity contribution in [3.8, 4) is 0 Å². The highest BCUT2D eigenvalue weighted by Crippen LogP contribution is 2.77. The molecule has 0 amide bonds. The van der Waals surface area contributed by atoms with Crippen LogP contribution in [-0.2, 0) is 4.79 Å². The van der Waals surface area contributed by atoms with Gasteiger partial charge in [-0.05, 0) is 48.9 Å². The Bertz CT molecular complexity index is 413. The zero-order chi connectivity index (χ0) is 12.5. The summed E-state index contributed by atoms with van der Waals surface area (Å²) in [5, 5.41) is 9.88. The molecule has 3 rings (SSSR count). The van der Waals surface area contributed by atoms with E-state index in [0.29, 0.717) is 0 Å². The molecule has 2 heteroatoms. The molecule has 2 bridgehead atoms. The van der Waals surface area contributed by atoms with Crippen molar-refractivity contribution in [2.24, 2.45) is 22.2 Å². The van der Waals surface area contributed by atoms with Crippen LogP contribution >= 0.6 is 0 Å². The van der Waals surface area contributed by atoms with Crippen LogP contribution in [0.25, 0.3) is 0 Å². The molecule has 0 heterocycles. The topological polar surface area (TPSA) is 37.3 Å². The highest BCUT2D eigenvalue weighted by Gasteiger charge is 2.73. The van der Waals surface area contributed by atoms with Gasteiger partial charge in [0.05, 0.1) is 5.41 Å². The molecule has 0 aromatic rings. The highest BCUT2D eigenvalue weighted by atomic mass is 16.4. The van der Waals surface area contributed by atoms with Gasteiger partial charge in [0.1, 0.15) is 0 Å². The third kappa shape index (κ3) is 0.974. The number of fused-ring (bicyclic) bond motifs is 5. The highest BCUT2D eigenvalue weighted by molar-refractivity contribution is 5.78. The SMILES string of the molecule is C=C1CCC2(C)CC1C1(C(=O)O)CCCC21C. The van der Waals surface area contributed by atoms with Crippen LogP contribution in [0, 0.1) is 22.2 Å². The third-order valence-electron chi connectivity index (χ3n) is 6.69. The molecule has 1 N–H and O–H groups in total. The smallest absolute Gasteiger partial charge is 0.310 e. The zero-order valence-electron chi connectivity index (χ0n) is 10.9. The Hall–Kier alpha value is -0.790. The average molecular weight is 234 g/mol. The lowest BCUT2D eigenvalue weighted by molar-refractivity contribution is -0.158. The Morgan fingerprint density at radius 1 is 1.35 bits per heavy atom. The molecular formula is C15H22O2. The van der Waals surface area contributed by atoms with Crippen molar-refractivity contribution in [3.05, 3.63) is 12.2 Å². The van der Waals surface area contributed by atoms with E-state index in [4.69, 9.17) is 0 Å². The molecule has 3 saturated carbocycles. The second kappa shape index (κ2) is 2.96. The van der Waals surface area contributed by atoms with E-state index < -0.39 is 11.4 Å². The Morgan fingerprint density at radius 3 is 2.71 bits per heavy atom. The van der Waals surface area contributed by atoms with Gasteiger partial charge in [0.2, 0.25) is 0 Å². The van der Waals surface area contributed by atoms with Gasteiger partial charge in [-0.3, -0.25) is 4.79 Å². The molecule has 0 aromatic carbocycles. The van der Waals surface area contributed by atoms with Crippen LogP contribution < -0.4 is 0 Å². The predicted molar refractivity (Wildman–Crippen MR) is 66.6 cm³/mol. The van der Waals surface area contributed by atoms with E-state index in [1.807, 2.05) is 0 Å². The molecule has 0 aliphatic heterocycles. The van der Waals surface area contributed by atoms with E-state index in [-0.39, 0.29) is 16.7 Å². The number of carboxylic acid groups (broad SMARTS) is 1. The zero-order valence-corrected chi connectivity index (χ0v) is 10.9. The van der Waals surface area contributed by atoms with E-state index in [0.717, 1.165) is 38.5 Å². The summed E-state index contributed by atoms with van der Waals surface area (Å²) in [6.45, 7) is 8.74. The van der Waals surface area contributed by atoms with Crippen LogP contribution in [0.3, 0.4) is 0 Å². The summed E-state index contributed by atoms with van der Waals surface area (Å²) >= 11 is 0.